The first kappa shape index (κ1) is 17.0. The Balaban J connectivity index is 2.30. The summed E-state index contributed by atoms with van der Waals surface area (Å²) in [7, 11) is 1.68. The fourth-order valence-corrected chi connectivity index (χ4v) is 1.99. The number of aliphatic carboxylic acids is 1. The summed E-state index contributed by atoms with van der Waals surface area (Å²) in [4.78, 5) is 23.8. The van der Waals surface area contributed by atoms with Crippen LogP contribution in [0.2, 0.25) is 0 Å². The Hall–Kier alpha value is -2.04. The number of hydrogen-bond donors (Lipinski definition) is 1. The van der Waals surface area contributed by atoms with Gasteiger partial charge in [-0.15, -0.1) is 0 Å². The van der Waals surface area contributed by atoms with E-state index in [2.05, 4.69) is 0 Å². The zero-order valence-corrected chi connectivity index (χ0v) is 12.9. The van der Waals surface area contributed by atoms with Gasteiger partial charge in [-0.3, -0.25) is 9.59 Å². The first-order valence-electron chi connectivity index (χ1n) is 7.06. The summed E-state index contributed by atoms with van der Waals surface area (Å²) < 4.78 is 5.61. The summed E-state index contributed by atoms with van der Waals surface area (Å²) in [5.74, 6) is -0.0823. The van der Waals surface area contributed by atoms with Crippen molar-refractivity contribution in [3.8, 4) is 5.75 Å². The highest BCUT2D eigenvalue weighted by Gasteiger charge is 2.10. The molecule has 0 fully saturated rings. The van der Waals surface area contributed by atoms with Gasteiger partial charge in [-0.25, -0.2) is 0 Å². The summed E-state index contributed by atoms with van der Waals surface area (Å²) in [6, 6.07) is 5.92. The number of carboxylic acid groups (broad SMARTS) is 1. The van der Waals surface area contributed by atoms with Crippen molar-refractivity contribution < 1.29 is 19.4 Å². The van der Waals surface area contributed by atoms with E-state index < -0.39 is 5.97 Å². The molecule has 5 heteroatoms. The molecule has 0 saturated heterocycles. The van der Waals surface area contributed by atoms with Crippen LogP contribution < -0.4 is 4.74 Å². The molecule has 1 aromatic rings. The summed E-state index contributed by atoms with van der Waals surface area (Å²) >= 11 is 0. The van der Waals surface area contributed by atoms with Crippen LogP contribution in [0.3, 0.4) is 0 Å². The van der Waals surface area contributed by atoms with Crippen LogP contribution in [-0.4, -0.2) is 42.1 Å². The highest BCUT2D eigenvalue weighted by atomic mass is 16.5. The van der Waals surface area contributed by atoms with Gasteiger partial charge in [0.05, 0.1) is 13.0 Å². The molecule has 0 heterocycles. The predicted molar refractivity (Wildman–Crippen MR) is 80.5 cm³/mol. The molecular formula is C16H23NO4. The van der Waals surface area contributed by atoms with E-state index >= 15 is 0 Å². The van der Waals surface area contributed by atoms with Gasteiger partial charge in [-0.1, -0.05) is 17.7 Å². The van der Waals surface area contributed by atoms with Crippen molar-refractivity contribution in [1.82, 2.24) is 4.90 Å². The highest BCUT2D eigenvalue weighted by Crippen LogP contribution is 2.18. The number of carbonyl (C=O) groups is 2. The standard InChI is InChI=1S/C16H23NO4/c1-12-6-7-14(13(2)11-12)21-10-8-15(18)17(3)9-4-5-16(19)20/h6-7,11H,4-5,8-10H2,1-3H3,(H,19,20). The monoisotopic (exact) mass is 293 g/mol. The molecule has 0 bridgehead atoms. The average Bonchev–Trinajstić information content (AvgIpc) is 2.40. The van der Waals surface area contributed by atoms with Crippen LogP contribution in [0.5, 0.6) is 5.75 Å². The molecule has 0 aromatic heterocycles. The molecule has 21 heavy (non-hydrogen) atoms. The van der Waals surface area contributed by atoms with Crippen molar-refractivity contribution in [3.63, 3.8) is 0 Å². The number of nitrogens with zero attached hydrogens (tertiary/aromatic N) is 1. The van der Waals surface area contributed by atoms with Gasteiger partial charge in [0.1, 0.15) is 5.75 Å². The second kappa shape index (κ2) is 8.29. The Kier molecular flexibility index (Phi) is 6.72. The quantitative estimate of drug-likeness (QED) is 0.799. The second-order valence-electron chi connectivity index (χ2n) is 5.18. The number of ether oxygens (including phenoxy) is 1. The normalized spacial score (nSPS) is 10.2. The molecule has 0 aliphatic carbocycles. The fraction of sp³-hybridized carbons (Fsp3) is 0.500. The number of aryl methyl sites for hydroxylation is 2. The van der Waals surface area contributed by atoms with Crippen molar-refractivity contribution in [1.29, 1.82) is 0 Å². The lowest BCUT2D eigenvalue weighted by Gasteiger charge is -2.17. The molecule has 116 valence electrons. The van der Waals surface area contributed by atoms with Crippen LogP contribution in [0, 0.1) is 13.8 Å². The molecule has 0 atom stereocenters. The Morgan fingerprint density at radius 1 is 1.24 bits per heavy atom. The molecule has 5 nitrogen and oxygen atoms in total. The third-order valence-electron chi connectivity index (χ3n) is 3.21. The van der Waals surface area contributed by atoms with Gasteiger partial charge in [-0.2, -0.15) is 0 Å². The first-order valence-corrected chi connectivity index (χ1v) is 7.06. The van der Waals surface area contributed by atoms with E-state index in [-0.39, 0.29) is 18.7 Å². The largest absolute Gasteiger partial charge is 0.493 e. The van der Waals surface area contributed by atoms with Crippen LogP contribution >= 0.6 is 0 Å². The maximum atomic E-state index is 11.8. The SMILES string of the molecule is Cc1ccc(OCCC(=O)N(C)CCCC(=O)O)c(C)c1. The maximum Gasteiger partial charge on any atom is 0.303 e. The average molecular weight is 293 g/mol. The zero-order valence-electron chi connectivity index (χ0n) is 12.9. The Labute approximate surface area is 125 Å². The van der Waals surface area contributed by atoms with Gasteiger partial charge in [0, 0.05) is 20.0 Å². The predicted octanol–water partition coefficient (Wildman–Crippen LogP) is 2.40. The van der Waals surface area contributed by atoms with Crippen LogP contribution in [0.1, 0.15) is 30.4 Å². The Bertz CT molecular complexity index is 499. The lowest BCUT2D eigenvalue weighted by atomic mass is 10.1. The molecule has 1 amide bonds. The summed E-state index contributed by atoms with van der Waals surface area (Å²) in [5.41, 5.74) is 2.23. The van der Waals surface area contributed by atoms with Crippen molar-refractivity contribution >= 4 is 11.9 Å². The Morgan fingerprint density at radius 3 is 2.57 bits per heavy atom. The van der Waals surface area contributed by atoms with Gasteiger partial charge >= 0.3 is 5.97 Å². The van der Waals surface area contributed by atoms with Gasteiger partial charge < -0.3 is 14.7 Å². The van der Waals surface area contributed by atoms with E-state index in [4.69, 9.17) is 9.84 Å². The number of amides is 1. The van der Waals surface area contributed by atoms with Crippen LogP contribution in [-0.2, 0) is 9.59 Å². The van der Waals surface area contributed by atoms with Gasteiger partial charge in [0.15, 0.2) is 0 Å². The topological polar surface area (TPSA) is 66.8 Å². The molecule has 1 aromatic carbocycles. The molecule has 0 radical (unpaired) electrons. The minimum Gasteiger partial charge on any atom is -0.493 e. The Morgan fingerprint density at radius 2 is 1.95 bits per heavy atom. The molecular weight excluding hydrogens is 270 g/mol. The van der Waals surface area contributed by atoms with Crippen LogP contribution in [0.15, 0.2) is 18.2 Å². The molecule has 1 rings (SSSR count). The van der Waals surface area contributed by atoms with Gasteiger partial charge in [0.2, 0.25) is 5.91 Å². The van der Waals surface area contributed by atoms with Crippen LogP contribution in [0.4, 0.5) is 0 Å². The van der Waals surface area contributed by atoms with Gasteiger partial charge in [0.25, 0.3) is 0 Å². The van der Waals surface area contributed by atoms with E-state index in [0.717, 1.165) is 11.3 Å². The minimum absolute atomic E-state index is 0.0369. The third-order valence-corrected chi connectivity index (χ3v) is 3.21. The minimum atomic E-state index is -0.839. The van der Waals surface area contributed by atoms with Crippen molar-refractivity contribution in [3.05, 3.63) is 29.3 Å². The number of rotatable bonds is 8. The molecule has 0 unspecified atom stereocenters. The molecule has 0 aliphatic heterocycles. The summed E-state index contributed by atoms with van der Waals surface area (Å²) in [6.07, 6.45) is 0.836. The smallest absolute Gasteiger partial charge is 0.303 e. The fourth-order valence-electron chi connectivity index (χ4n) is 1.99. The number of hydrogen-bond acceptors (Lipinski definition) is 3. The van der Waals surface area contributed by atoms with Gasteiger partial charge in [-0.05, 0) is 31.9 Å². The van der Waals surface area contributed by atoms with E-state index in [0.29, 0.717) is 19.6 Å². The lowest BCUT2D eigenvalue weighted by Crippen LogP contribution is -2.29. The van der Waals surface area contributed by atoms with Crippen molar-refractivity contribution in [2.75, 3.05) is 20.2 Å². The number of benzene rings is 1. The highest BCUT2D eigenvalue weighted by molar-refractivity contribution is 5.76. The summed E-state index contributed by atoms with van der Waals surface area (Å²) in [6.45, 7) is 4.77. The van der Waals surface area contributed by atoms with E-state index in [1.165, 1.54) is 5.56 Å². The zero-order chi connectivity index (χ0) is 15.8. The molecule has 0 saturated carbocycles. The summed E-state index contributed by atoms with van der Waals surface area (Å²) in [5, 5.41) is 8.55. The first-order chi connectivity index (χ1) is 9.90. The molecule has 0 spiro atoms. The number of carbonyl (C=O) groups excluding carboxylic acids is 1. The lowest BCUT2D eigenvalue weighted by molar-refractivity contribution is -0.138. The van der Waals surface area contributed by atoms with E-state index in [1.54, 1.807) is 11.9 Å². The van der Waals surface area contributed by atoms with Crippen molar-refractivity contribution in [2.45, 2.75) is 33.1 Å². The van der Waals surface area contributed by atoms with E-state index in [1.807, 2.05) is 32.0 Å². The van der Waals surface area contributed by atoms with Crippen LogP contribution in [0.25, 0.3) is 0 Å². The third kappa shape index (κ3) is 6.29. The number of carboxylic acids is 1. The van der Waals surface area contributed by atoms with E-state index in [9.17, 15) is 9.59 Å². The molecule has 1 N–H and O–H groups in total. The molecule has 0 aliphatic rings. The van der Waals surface area contributed by atoms with Crippen molar-refractivity contribution in [2.24, 2.45) is 0 Å². The maximum absolute atomic E-state index is 11.8. The second-order valence-corrected chi connectivity index (χ2v) is 5.18.